The van der Waals surface area contributed by atoms with Crippen LogP contribution in [0.1, 0.15) is 32.6 Å². The molecule has 0 atom stereocenters. The van der Waals surface area contributed by atoms with Crippen LogP contribution in [0.15, 0.2) is 79.9 Å². The van der Waals surface area contributed by atoms with Crippen LogP contribution in [-0.4, -0.2) is 10.9 Å². The van der Waals surface area contributed by atoms with Crippen LogP contribution >= 0.6 is 27.3 Å². The topological polar surface area (TPSA) is 67.5 Å². The Balaban J connectivity index is 1.57. The number of nitrogens with one attached hydrogen (secondary N) is 1. The van der Waals surface area contributed by atoms with Crippen LogP contribution in [0, 0.1) is 27.7 Å². The average Bonchev–Trinajstić information content (AvgIpc) is 3.31. The van der Waals surface area contributed by atoms with Crippen molar-refractivity contribution in [3.05, 3.63) is 104 Å². The Hall–Kier alpha value is -3.55. The van der Waals surface area contributed by atoms with Crippen molar-refractivity contribution in [3.8, 4) is 11.3 Å². The number of benzene rings is 3. The lowest BCUT2D eigenvalue weighted by Gasteiger charge is -2.07. The Morgan fingerprint density at radius 1 is 1.00 bits per heavy atom. The van der Waals surface area contributed by atoms with Crippen molar-refractivity contribution in [1.82, 2.24) is 4.98 Å². The van der Waals surface area contributed by atoms with E-state index >= 15 is 0 Å². The summed E-state index contributed by atoms with van der Waals surface area (Å²) in [5.41, 5.74) is 8.34. The third-order valence-corrected chi connectivity index (χ3v) is 7.40. The van der Waals surface area contributed by atoms with Crippen molar-refractivity contribution in [2.75, 3.05) is 5.32 Å². The van der Waals surface area contributed by atoms with E-state index in [4.69, 9.17) is 9.41 Å². The molecule has 2 heterocycles. The highest BCUT2D eigenvalue weighted by atomic mass is 79.9. The Morgan fingerprint density at radius 2 is 1.83 bits per heavy atom. The van der Waals surface area contributed by atoms with Gasteiger partial charge in [-0.2, -0.15) is 0 Å². The largest absolute Gasteiger partial charge is 0.438 e. The van der Waals surface area contributed by atoms with Crippen LogP contribution in [0.5, 0.6) is 0 Å². The number of halogens is 1. The molecule has 180 valence electrons. The zero-order chi connectivity index (χ0) is 25.4. The van der Waals surface area contributed by atoms with Gasteiger partial charge in [-0.1, -0.05) is 45.8 Å². The van der Waals surface area contributed by atoms with E-state index in [0.717, 1.165) is 49.1 Å². The van der Waals surface area contributed by atoms with Crippen LogP contribution in [0.2, 0.25) is 0 Å². The third kappa shape index (κ3) is 4.90. The van der Waals surface area contributed by atoms with E-state index in [-0.39, 0.29) is 11.5 Å². The average molecular weight is 559 g/mol. The van der Waals surface area contributed by atoms with E-state index in [1.165, 1.54) is 11.3 Å². The zero-order valence-corrected chi connectivity index (χ0v) is 22.8. The van der Waals surface area contributed by atoms with Gasteiger partial charge in [0.1, 0.15) is 11.1 Å². The normalized spacial score (nSPS) is 11.8. The number of nitrogens with zero attached hydrogens (tertiary/aromatic N) is 2. The molecule has 0 unspecified atom stereocenters. The molecular weight excluding hydrogens is 534 g/mol. The summed E-state index contributed by atoms with van der Waals surface area (Å²) in [6, 6.07) is 19.7. The predicted octanol–water partition coefficient (Wildman–Crippen LogP) is 8.04. The summed E-state index contributed by atoms with van der Waals surface area (Å²) in [6.07, 6.45) is 0. The summed E-state index contributed by atoms with van der Waals surface area (Å²) in [5.74, 6) is -0.327. The fraction of sp³-hybridized carbons (Fsp3) is 0.138. The van der Waals surface area contributed by atoms with Gasteiger partial charge in [0.2, 0.25) is 5.55 Å². The molecule has 0 spiro atoms. The predicted molar refractivity (Wildman–Crippen MR) is 150 cm³/mol. The van der Waals surface area contributed by atoms with Gasteiger partial charge < -0.3 is 4.42 Å². The summed E-state index contributed by atoms with van der Waals surface area (Å²) in [6.45, 7) is 8.16. The molecular formula is C29H24BrN3O2S. The van der Waals surface area contributed by atoms with E-state index in [9.17, 15) is 4.79 Å². The van der Waals surface area contributed by atoms with Gasteiger partial charge in [0.25, 0.3) is 5.91 Å². The number of anilines is 1. The van der Waals surface area contributed by atoms with Crippen LogP contribution in [0.4, 0.5) is 10.8 Å². The fourth-order valence-corrected chi connectivity index (χ4v) is 5.03. The van der Waals surface area contributed by atoms with Crippen LogP contribution in [-0.2, 0) is 0 Å². The first-order chi connectivity index (χ1) is 17.3. The molecule has 5 aromatic rings. The number of fused-ring (bicyclic) bond motifs is 1. The van der Waals surface area contributed by atoms with Crippen molar-refractivity contribution >= 4 is 55.0 Å². The quantitative estimate of drug-likeness (QED) is 0.243. The van der Waals surface area contributed by atoms with Crippen molar-refractivity contribution in [2.24, 2.45) is 4.99 Å². The van der Waals surface area contributed by atoms with Crippen LogP contribution < -0.4 is 10.9 Å². The molecule has 0 saturated heterocycles. The second-order valence-electron chi connectivity index (χ2n) is 8.79. The molecule has 1 N–H and O–H groups in total. The molecule has 1 amide bonds. The van der Waals surface area contributed by atoms with Crippen molar-refractivity contribution < 1.29 is 9.21 Å². The number of carbonyl (C=O) groups is 1. The number of hydrogen-bond donors (Lipinski definition) is 1. The Labute approximate surface area is 221 Å². The first-order valence-corrected chi connectivity index (χ1v) is 13.1. The van der Waals surface area contributed by atoms with E-state index < -0.39 is 0 Å². The molecule has 0 saturated carbocycles. The van der Waals surface area contributed by atoms with Gasteiger partial charge in [0, 0.05) is 20.8 Å². The zero-order valence-electron chi connectivity index (χ0n) is 20.3. The molecule has 3 aromatic carbocycles. The second-order valence-corrected chi connectivity index (χ2v) is 10.6. The summed E-state index contributed by atoms with van der Waals surface area (Å²) < 4.78 is 7.04. The smallest absolute Gasteiger partial charge is 0.262 e. The number of rotatable bonds is 4. The lowest BCUT2D eigenvalue weighted by atomic mass is 10.0. The molecule has 5 rings (SSSR count). The van der Waals surface area contributed by atoms with Crippen LogP contribution in [0.3, 0.4) is 0 Å². The number of aromatic nitrogens is 1. The molecule has 2 aromatic heterocycles. The SMILES string of the molecule is Cc1ccc(C)c(-c2csc(NC(=O)c3cc4cc(Br)ccc4oc3=Nc3cccc(C)c3C)n2)c1. The molecule has 0 fully saturated rings. The van der Waals surface area contributed by atoms with Gasteiger partial charge in [0.05, 0.1) is 11.4 Å². The van der Waals surface area contributed by atoms with E-state index in [2.05, 4.69) is 58.3 Å². The molecule has 0 bridgehead atoms. The number of thiazole rings is 1. The number of hydrogen-bond acceptors (Lipinski definition) is 5. The molecule has 0 aliphatic heterocycles. The minimum atomic E-state index is -0.327. The highest BCUT2D eigenvalue weighted by Gasteiger charge is 2.16. The van der Waals surface area contributed by atoms with Crippen LogP contribution in [0.25, 0.3) is 22.2 Å². The third-order valence-electron chi connectivity index (χ3n) is 6.15. The first-order valence-electron chi connectivity index (χ1n) is 11.5. The Morgan fingerprint density at radius 3 is 2.67 bits per heavy atom. The maximum absolute atomic E-state index is 13.5. The molecule has 0 aliphatic carbocycles. The van der Waals surface area contributed by atoms with Gasteiger partial charge in [0.15, 0.2) is 5.13 Å². The van der Waals surface area contributed by atoms with Gasteiger partial charge in [-0.05, 0) is 80.8 Å². The highest BCUT2D eigenvalue weighted by molar-refractivity contribution is 9.10. The van der Waals surface area contributed by atoms with E-state index in [1.807, 2.05) is 61.7 Å². The second kappa shape index (κ2) is 9.84. The molecule has 7 heteroatoms. The standard InChI is InChI=1S/C29H24BrN3O2S/c1-16-8-9-18(3)22(12-16)25-15-36-29(32-25)33-27(34)23-14-20-13-21(30)10-11-26(20)35-28(23)31-24-7-5-6-17(2)19(24)4/h5-15H,1-4H3,(H,32,33,34). The maximum atomic E-state index is 13.5. The Kier molecular flexibility index (Phi) is 6.60. The Bertz CT molecular complexity index is 1700. The lowest BCUT2D eigenvalue weighted by molar-refractivity contribution is 0.102. The molecule has 36 heavy (non-hydrogen) atoms. The van der Waals surface area contributed by atoms with Crippen molar-refractivity contribution in [1.29, 1.82) is 0 Å². The lowest BCUT2D eigenvalue weighted by Crippen LogP contribution is -2.21. The van der Waals surface area contributed by atoms with E-state index in [0.29, 0.717) is 16.3 Å². The summed E-state index contributed by atoms with van der Waals surface area (Å²) in [7, 11) is 0. The van der Waals surface area contributed by atoms with Gasteiger partial charge in [-0.3, -0.25) is 10.1 Å². The van der Waals surface area contributed by atoms with Gasteiger partial charge in [-0.15, -0.1) is 11.3 Å². The fourth-order valence-electron chi connectivity index (χ4n) is 3.94. The molecule has 0 aliphatic rings. The number of carbonyl (C=O) groups excluding carboxylic acids is 1. The monoisotopic (exact) mass is 557 g/mol. The van der Waals surface area contributed by atoms with Gasteiger partial charge >= 0.3 is 0 Å². The minimum absolute atomic E-state index is 0.252. The number of amides is 1. The van der Waals surface area contributed by atoms with Crippen molar-refractivity contribution in [2.45, 2.75) is 27.7 Å². The summed E-state index contributed by atoms with van der Waals surface area (Å²) in [4.78, 5) is 22.9. The summed E-state index contributed by atoms with van der Waals surface area (Å²) in [5, 5.41) is 6.22. The summed E-state index contributed by atoms with van der Waals surface area (Å²) >= 11 is 4.89. The minimum Gasteiger partial charge on any atom is -0.438 e. The molecule has 5 nitrogen and oxygen atoms in total. The highest BCUT2D eigenvalue weighted by Crippen LogP contribution is 2.29. The number of aryl methyl sites for hydroxylation is 3. The van der Waals surface area contributed by atoms with E-state index in [1.54, 1.807) is 0 Å². The maximum Gasteiger partial charge on any atom is 0.262 e. The van der Waals surface area contributed by atoms with Crippen molar-refractivity contribution in [3.63, 3.8) is 0 Å². The first kappa shape index (κ1) is 24.2. The molecule has 0 radical (unpaired) electrons. The van der Waals surface area contributed by atoms with Gasteiger partial charge in [-0.25, -0.2) is 9.98 Å².